The maximum Gasteiger partial charge on any atom is 0.271 e. The van der Waals surface area contributed by atoms with Crippen molar-refractivity contribution in [2.45, 2.75) is 25.7 Å². The average Bonchev–Trinajstić information content (AvgIpc) is 3.10. The van der Waals surface area contributed by atoms with Crippen LogP contribution in [0.15, 0.2) is 24.3 Å². The lowest BCUT2D eigenvalue weighted by Crippen LogP contribution is -2.31. The molecule has 24 heavy (non-hydrogen) atoms. The van der Waals surface area contributed by atoms with Gasteiger partial charge in [-0.05, 0) is 44.5 Å². The number of carbonyl (C=O) groups excluding carboxylic acids is 1. The van der Waals surface area contributed by atoms with Crippen LogP contribution in [0.25, 0.3) is 11.3 Å². The average molecular weight is 329 g/mol. The minimum Gasteiger partial charge on any atom is -0.494 e. The molecule has 0 atom stereocenters. The Bertz CT molecular complexity index is 679. The minimum absolute atomic E-state index is 0.136. The highest BCUT2D eigenvalue weighted by molar-refractivity contribution is 5.96. The fraction of sp³-hybridized carbons (Fsp3) is 0.471. The van der Waals surface area contributed by atoms with E-state index in [9.17, 15) is 4.79 Å². The van der Waals surface area contributed by atoms with Crippen molar-refractivity contribution in [3.05, 3.63) is 30.0 Å². The van der Waals surface area contributed by atoms with Gasteiger partial charge in [0.25, 0.3) is 5.91 Å². The number of piperidine rings is 1. The fourth-order valence-electron chi connectivity index (χ4n) is 3.00. The predicted octanol–water partition coefficient (Wildman–Crippen LogP) is 1.83. The molecule has 7 heteroatoms. The topological polar surface area (TPSA) is 97.1 Å². The molecule has 0 saturated carbocycles. The summed E-state index contributed by atoms with van der Waals surface area (Å²) in [6, 6.07) is 7.47. The normalized spacial score (nSPS) is 15.3. The van der Waals surface area contributed by atoms with Crippen LogP contribution < -0.4 is 10.5 Å². The lowest BCUT2D eigenvalue weighted by atomic mass is 10.1. The van der Waals surface area contributed by atoms with Gasteiger partial charge in [0.05, 0.1) is 6.61 Å². The van der Waals surface area contributed by atoms with Crippen molar-refractivity contribution in [2.24, 2.45) is 5.73 Å². The molecule has 1 saturated heterocycles. The van der Waals surface area contributed by atoms with Crippen molar-refractivity contribution in [2.75, 3.05) is 26.2 Å². The molecule has 0 bridgehead atoms. The minimum atomic E-state index is -0.605. The van der Waals surface area contributed by atoms with E-state index in [4.69, 9.17) is 10.5 Å². The van der Waals surface area contributed by atoms with E-state index >= 15 is 0 Å². The molecule has 2 aromatic rings. The second-order valence-corrected chi connectivity index (χ2v) is 6.02. The lowest BCUT2D eigenvalue weighted by molar-refractivity contribution is 0.0996. The SMILES string of the molecule is NC(=O)c1n[nH]nc1-c1cccc(OCCCN2CCCCC2)c1. The van der Waals surface area contributed by atoms with Crippen LogP contribution in [-0.2, 0) is 0 Å². The number of H-pyrrole nitrogens is 1. The van der Waals surface area contributed by atoms with Crippen molar-refractivity contribution < 1.29 is 9.53 Å². The number of aromatic nitrogens is 3. The van der Waals surface area contributed by atoms with E-state index in [1.54, 1.807) is 0 Å². The van der Waals surface area contributed by atoms with Crippen LogP contribution in [0.1, 0.15) is 36.2 Å². The number of ether oxygens (including phenoxy) is 1. The number of nitrogens with two attached hydrogens (primary N) is 1. The van der Waals surface area contributed by atoms with Crippen molar-refractivity contribution in [3.63, 3.8) is 0 Å². The van der Waals surface area contributed by atoms with E-state index < -0.39 is 5.91 Å². The molecule has 0 unspecified atom stereocenters. The Morgan fingerprint density at radius 2 is 2.08 bits per heavy atom. The molecule has 128 valence electrons. The number of aromatic amines is 1. The molecule has 1 aliphatic rings. The van der Waals surface area contributed by atoms with Gasteiger partial charge >= 0.3 is 0 Å². The zero-order valence-corrected chi connectivity index (χ0v) is 13.7. The van der Waals surface area contributed by atoms with E-state index in [0.29, 0.717) is 12.3 Å². The van der Waals surface area contributed by atoms with E-state index in [1.807, 2.05) is 24.3 Å². The number of likely N-dealkylation sites (tertiary alicyclic amines) is 1. The number of rotatable bonds is 7. The summed E-state index contributed by atoms with van der Waals surface area (Å²) in [6.45, 7) is 4.16. The van der Waals surface area contributed by atoms with Crippen molar-refractivity contribution in [1.29, 1.82) is 0 Å². The Kier molecular flexibility index (Phi) is 5.43. The lowest BCUT2D eigenvalue weighted by Gasteiger charge is -2.26. The maximum absolute atomic E-state index is 11.4. The number of benzene rings is 1. The molecule has 3 N–H and O–H groups in total. The number of carbonyl (C=O) groups is 1. The van der Waals surface area contributed by atoms with Gasteiger partial charge in [-0.15, -0.1) is 0 Å². The molecular formula is C17H23N5O2. The van der Waals surface area contributed by atoms with Gasteiger partial charge in [-0.25, -0.2) is 0 Å². The van der Waals surface area contributed by atoms with Crippen LogP contribution in [0.3, 0.4) is 0 Å². The number of primary amides is 1. The smallest absolute Gasteiger partial charge is 0.271 e. The Morgan fingerprint density at radius 3 is 2.88 bits per heavy atom. The summed E-state index contributed by atoms with van der Waals surface area (Å²) in [5.74, 6) is 0.149. The van der Waals surface area contributed by atoms with Gasteiger partial charge in [0.2, 0.25) is 0 Å². The monoisotopic (exact) mass is 329 g/mol. The third-order valence-electron chi connectivity index (χ3n) is 4.22. The van der Waals surface area contributed by atoms with E-state index in [-0.39, 0.29) is 5.69 Å². The first-order valence-electron chi connectivity index (χ1n) is 8.40. The molecule has 1 amide bonds. The van der Waals surface area contributed by atoms with Gasteiger partial charge in [-0.1, -0.05) is 18.6 Å². The van der Waals surface area contributed by atoms with Crippen LogP contribution in [0.4, 0.5) is 0 Å². The van der Waals surface area contributed by atoms with Gasteiger partial charge in [0, 0.05) is 12.1 Å². The Hall–Kier alpha value is -2.41. The van der Waals surface area contributed by atoms with Gasteiger partial charge in [-0.3, -0.25) is 4.79 Å². The zero-order valence-electron chi connectivity index (χ0n) is 13.7. The highest BCUT2D eigenvalue weighted by Crippen LogP contribution is 2.24. The van der Waals surface area contributed by atoms with E-state index in [1.165, 1.54) is 32.4 Å². The second kappa shape index (κ2) is 7.92. The van der Waals surface area contributed by atoms with E-state index in [2.05, 4.69) is 20.3 Å². The first-order valence-corrected chi connectivity index (χ1v) is 8.40. The summed E-state index contributed by atoms with van der Waals surface area (Å²) >= 11 is 0. The molecule has 0 radical (unpaired) electrons. The van der Waals surface area contributed by atoms with Crippen LogP contribution in [-0.4, -0.2) is 52.5 Å². The summed E-state index contributed by atoms with van der Waals surface area (Å²) in [4.78, 5) is 13.9. The van der Waals surface area contributed by atoms with Crippen molar-refractivity contribution in [1.82, 2.24) is 20.3 Å². The largest absolute Gasteiger partial charge is 0.494 e. The number of hydrogen-bond acceptors (Lipinski definition) is 5. The molecular weight excluding hydrogens is 306 g/mol. The summed E-state index contributed by atoms with van der Waals surface area (Å²) in [5.41, 5.74) is 6.64. The molecule has 1 aromatic heterocycles. The highest BCUT2D eigenvalue weighted by Gasteiger charge is 2.15. The molecule has 1 aromatic carbocycles. The fourth-order valence-corrected chi connectivity index (χ4v) is 3.00. The molecule has 1 fully saturated rings. The van der Waals surface area contributed by atoms with Gasteiger partial charge < -0.3 is 15.4 Å². The Labute approximate surface area is 141 Å². The molecule has 2 heterocycles. The summed E-state index contributed by atoms with van der Waals surface area (Å²) in [7, 11) is 0. The second-order valence-electron chi connectivity index (χ2n) is 6.02. The maximum atomic E-state index is 11.4. The van der Waals surface area contributed by atoms with Gasteiger partial charge in [-0.2, -0.15) is 15.4 Å². The number of nitrogens with zero attached hydrogens (tertiary/aromatic N) is 3. The summed E-state index contributed by atoms with van der Waals surface area (Å²) in [5, 5.41) is 10.2. The van der Waals surface area contributed by atoms with Gasteiger partial charge in [0.15, 0.2) is 5.69 Å². The van der Waals surface area contributed by atoms with Crippen LogP contribution in [0.5, 0.6) is 5.75 Å². The Morgan fingerprint density at radius 1 is 1.25 bits per heavy atom. The summed E-state index contributed by atoms with van der Waals surface area (Å²) in [6.07, 6.45) is 4.97. The predicted molar refractivity (Wildman–Crippen MR) is 90.7 cm³/mol. The Balaban J connectivity index is 1.55. The van der Waals surface area contributed by atoms with Crippen molar-refractivity contribution >= 4 is 5.91 Å². The molecule has 0 aliphatic carbocycles. The van der Waals surface area contributed by atoms with Crippen LogP contribution in [0.2, 0.25) is 0 Å². The zero-order chi connectivity index (χ0) is 16.8. The molecule has 7 nitrogen and oxygen atoms in total. The number of nitrogens with one attached hydrogen (secondary N) is 1. The molecule has 0 spiro atoms. The van der Waals surface area contributed by atoms with Gasteiger partial charge in [0.1, 0.15) is 11.4 Å². The highest BCUT2D eigenvalue weighted by atomic mass is 16.5. The van der Waals surface area contributed by atoms with Crippen LogP contribution in [0, 0.1) is 0 Å². The van der Waals surface area contributed by atoms with Crippen molar-refractivity contribution in [3.8, 4) is 17.0 Å². The number of amides is 1. The third-order valence-corrected chi connectivity index (χ3v) is 4.22. The number of hydrogen-bond donors (Lipinski definition) is 2. The third kappa shape index (κ3) is 4.11. The van der Waals surface area contributed by atoms with E-state index in [0.717, 1.165) is 24.3 Å². The first kappa shape index (κ1) is 16.4. The molecule has 3 rings (SSSR count). The quantitative estimate of drug-likeness (QED) is 0.755. The summed E-state index contributed by atoms with van der Waals surface area (Å²) < 4.78 is 5.83. The first-order chi connectivity index (χ1) is 11.7. The van der Waals surface area contributed by atoms with Crippen LogP contribution >= 0.6 is 0 Å². The standard InChI is InChI=1S/C17H23N5O2/c18-17(23)16-15(19-21-20-16)13-6-4-7-14(12-13)24-11-5-10-22-8-2-1-3-9-22/h4,6-7,12H,1-3,5,8-11H2,(H2,18,23)(H,19,20,21). The molecule has 1 aliphatic heterocycles.